The lowest BCUT2D eigenvalue weighted by atomic mass is 10.1. The molecule has 1 aromatic carbocycles. The number of likely N-dealkylation sites (tertiary alicyclic amines) is 1. The number of carboxylic acids is 1. The van der Waals surface area contributed by atoms with Gasteiger partial charge in [0, 0.05) is 12.1 Å². The summed E-state index contributed by atoms with van der Waals surface area (Å²) in [5.41, 5.74) is 1.18. The van der Waals surface area contributed by atoms with Crippen molar-refractivity contribution in [3.8, 4) is 11.5 Å². The number of carbonyl (C=O) groups is 2. The molecule has 1 saturated heterocycles. The van der Waals surface area contributed by atoms with Crippen LogP contribution in [-0.4, -0.2) is 48.7 Å². The third kappa shape index (κ3) is 2.79. The smallest absolute Gasteiger partial charge is 0.326 e. The second-order valence-corrected chi connectivity index (χ2v) is 5.02. The molecular formula is C15H19NO5. The lowest BCUT2D eigenvalue weighted by Gasteiger charge is -2.23. The number of nitrogens with zero attached hydrogens (tertiary/aromatic N) is 1. The largest absolute Gasteiger partial charge is 0.493 e. The summed E-state index contributed by atoms with van der Waals surface area (Å²) < 4.78 is 10.4. The Kier molecular flexibility index (Phi) is 4.35. The number of hydrogen-bond acceptors (Lipinski definition) is 4. The van der Waals surface area contributed by atoms with Gasteiger partial charge in [0.2, 0.25) is 0 Å². The van der Waals surface area contributed by atoms with E-state index < -0.39 is 12.0 Å². The van der Waals surface area contributed by atoms with Crippen molar-refractivity contribution in [3.05, 3.63) is 23.3 Å². The molecule has 6 heteroatoms. The first kappa shape index (κ1) is 15.2. The molecule has 1 amide bonds. The zero-order valence-corrected chi connectivity index (χ0v) is 12.4. The van der Waals surface area contributed by atoms with Crippen LogP contribution in [-0.2, 0) is 4.79 Å². The van der Waals surface area contributed by atoms with Gasteiger partial charge in [-0.05, 0) is 37.5 Å². The van der Waals surface area contributed by atoms with Gasteiger partial charge < -0.3 is 19.5 Å². The van der Waals surface area contributed by atoms with Gasteiger partial charge in [-0.25, -0.2) is 4.79 Å². The van der Waals surface area contributed by atoms with Crippen LogP contribution in [0.15, 0.2) is 12.1 Å². The number of aliphatic carboxylic acids is 1. The SMILES string of the molecule is COc1cc(C)c(C(=O)N2CCC[C@@H]2C(=O)O)cc1OC. The summed E-state index contributed by atoms with van der Waals surface area (Å²) in [6.07, 6.45) is 1.20. The monoisotopic (exact) mass is 293 g/mol. The first-order valence-electron chi connectivity index (χ1n) is 6.76. The number of aryl methyl sites for hydroxylation is 1. The molecule has 1 heterocycles. The Balaban J connectivity index is 2.37. The van der Waals surface area contributed by atoms with Gasteiger partial charge >= 0.3 is 5.97 Å². The molecule has 1 atom stereocenters. The fourth-order valence-corrected chi connectivity index (χ4v) is 2.63. The Hall–Kier alpha value is -2.24. The van der Waals surface area contributed by atoms with Crippen LogP contribution in [0.4, 0.5) is 0 Å². The van der Waals surface area contributed by atoms with Crippen LogP contribution in [0.5, 0.6) is 11.5 Å². The molecule has 0 aromatic heterocycles. The van der Waals surface area contributed by atoms with E-state index in [1.54, 1.807) is 19.1 Å². The maximum absolute atomic E-state index is 12.6. The molecule has 1 aromatic rings. The van der Waals surface area contributed by atoms with Gasteiger partial charge in [-0.15, -0.1) is 0 Å². The van der Waals surface area contributed by atoms with Crippen molar-refractivity contribution in [1.82, 2.24) is 4.90 Å². The lowest BCUT2D eigenvalue weighted by molar-refractivity contribution is -0.141. The second-order valence-electron chi connectivity index (χ2n) is 5.02. The fourth-order valence-electron chi connectivity index (χ4n) is 2.63. The van der Waals surface area contributed by atoms with E-state index in [-0.39, 0.29) is 5.91 Å². The highest BCUT2D eigenvalue weighted by Crippen LogP contribution is 2.32. The van der Waals surface area contributed by atoms with Crippen molar-refractivity contribution in [2.24, 2.45) is 0 Å². The molecule has 0 saturated carbocycles. The standard InChI is InChI=1S/C15H19NO5/c1-9-7-12(20-2)13(21-3)8-10(9)14(17)16-6-4-5-11(16)15(18)19/h7-8,11H,4-6H2,1-3H3,(H,18,19)/t11-/m1/s1. The summed E-state index contributed by atoms with van der Waals surface area (Å²) in [5, 5.41) is 9.19. The highest BCUT2D eigenvalue weighted by Gasteiger charge is 2.35. The van der Waals surface area contributed by atoms with Crippen molar-refractivity contribution < 1.29 is 24.2 Å². The van der Waals surface area contributed by atoms with E-state index >= 15 is 0 Å². The van der Waals surface area contributed by atoms with Crippen LogP contribution in [0.1, 0.15) is 28.8 Å². The molecule has 1 aliphatic rings. The summed E-state index contributed by atoms with van der Waals surface area (Å²) in [7, 11) is 3.02. The van der Waals surface area contributed by atoms with E-state index in [2.05, 4.69) is 0 Å². The molecule has 0 radical (unpaired) electrons. The average Bonchev–Trinajstić information content (AvgIpc) is 2.95. The fraction of sp³-hybridized carbons (Fsp3) is 0.467. The number of benzene rings is 1. The molecule has 2 rings (SSSR count). The summed E-state index contributed by atoms with van der Waals surface area (Å²) >= 11 is 0. The Morgan fingerprint density at radius 2 is 1.86 bits per heavy atom. The van der Waals surface area contributed by atoms with Crippen LogP contribution in [0.2, 0.25) is 0 Å². The average molecular weight is 293 g/mol. The number of methoxy groups -OCH3 is 2. The molecule has 0 aliphatic carbocycles. The van der Waals surface area contributed by atoms with Gasteiger partial charge in [-0.3, -0.25) is 4.79 Å². The van der Waals surface area contributed by atoms with Crippen molar-refractivity contribution in [3.63, 3.8) is 0 Å². The highest BCUT2D eigenvalue weighted by atomic mass is 16.5. The van der Waals surface area contributed by atoms with E-state index in [0.29, 0.717) is 36.4 Å². The first-order valence-corrected chi connectivity index (χ1v) is 6.76. The maximum Gasteiger partial charge on any atom is 0.326 e. The Labute approximate surface area is 123 Å². The number of carbonyl (C=O) groups excluding carboxylic acids is 1. The second kappa shape index (κ2) is 6.03. The van der Waals surface area contributed by atoms with E-state index in [4.69, 9.17) is 9.47 Å². The predicted molar refractivity (Wildman–Crippen MR) is 76.0 cm³/mol. The topological polar surface area (TPSA) is 76.1 Å². The van der Waals surface area contributed by atoms with Crippen molar-refractivity contribution in [1.29, 1.82) is 0 Å². The van der Waals surface area contributed by atoms with Crippen LogP contribution in [0.25, 0.3) is 0 Å². The van der Waals surface area contributed by atoms with E-state index in [1.165, 1.54) is 19.1 Å². The van der Waals surface area contributed by atoms with Crippen LogP contribution >= 0.6 is 0 Å². The van der Waals surface area contributed by atoms with Crippen LogP contribution < -0.4 is 9.47 Å². The number of amides is 1. The molecule has 1 N–H and O–H groups in total. The summed E-state index contributed by atoms with van der Waals surface area (Å²) in [6.45, 7) is 2.25. The van der Waals surface area contributed by atoms with Crippen molar-refractivity contribution in [2.45, 2.75) is 25.8 Å². The molecule has 1 aliphatic heterocycles. The van der Waals surface area contributed by atoms with E-state index in [0.717, 1.165) is 5.56 Å². The summed E-state index contributed by atoms with van der Waals surface area (Å²) in [5.74, 6) is -0.238. The molecule has 0 spiro atoms. The van der Waals surface area contributed by atoms with Gasteiger partial charge in [0.1, 0.15) is 6.04 Å². The zero-order valence-electron chi connectivity index (χ0n) is 12.4. The van der Waals surface area contributed by atoms with Crippen molar-refractivity contribution >= 4 is 11.9 Å². The molecule has 0 unspecified atom stereocenters. The maximum atomic E-state index is 12.6. The molecule has 21 heavy (non-hydrogen) atoms. The minimum Gasteiger partial charge on any atom is -0.493 e. The van der Waals surface area contributed by atoms with E-state index in [9.17, 15) is 14.7 Å². The van der Waals surface area contributed by atoms with Gasteiger partial charge in [0.25, 0.3) is 5.91 Å². The van der Waals surface area contributed by atoms with E-state index in [1.807, 2.05) is 0 Å². The summed E-state index contributed by atoms with van der Waals surface area (Å²) in [4.78, 5) is 25.2. The summed E-state index contributed by atoms with van der Waals surface area (Å²) in [6, 6.07) is 2.58. The molecule has 6 nitrogen and oxygen atoms in total. The quantitative estimate of drug-likeness (QED) is 0.914. The Morgan fingerprint density at radius 1 is 1.24 bits per heavy atom. The number of ether oxygens (including phenoxy) is 2. The third-order valence-electron chi connectivity index (χ3n) is 3.76. The van der Waals surface area contributed by atoms with Crippen molar-refractivity contribution in [2.75, 3.05) is 20.8 Å². The molecule has 114 valence electrons. The zero-order chi connectivity index (χ0) is 15.6. The molecule has 0 bridgehead atoms. The number of hydrogen-bond donors (Lipinski definition) is 1. The van der Waals surface area contributed by atoms with Gasteiger partial charge in [0.15, 0.2) is 11.5 Å². The predicted octanol–water partition coefficient (Wildman–Crippen LogP) is 1.70. The molecule has 1 fully saturated rings. The van der Waals surface area contributed by atoms with Gasteiger partial charge in [0.05, 0.1) is 14.2 Å². The normalized spacial score (nSPS) is 17.7. The highest BCUT2D eigenvalue weighted by molar-refractivity contribution is 5.98. The Bertz CT molecular complexity index is 569. The molecular weight excluding hydrogens is 274 g/mol. The number of rotatable bonds is 4. The Morgan fingerprint density at radius 3 is 2.43 bits per heavy atom. The minimum atomic E-state index is -0.959. The number of carboxylic acid groups (broad SMARTS) is 1. The minimum absolute atomic E-state index is 0.279. The van der Waals surface area contributed by atoms with Crippen LogP contribution in [0, 0.1) is 6.92 Å². The van der Waals surface area contributed by atoms with Crippen LogP contribution in [0.3, 0.4) is 0 Å². The van der Waals surface area contributed by atoms with Gasteiger partial charge in [-0.2, -0.15) is 0 Å². The lowest BCUT2D eigenvalue weighted by Crippen LogP contribution is -2.40. The third-order valence-corrected chi connectivity index (χ3v) is 3.76. The van der Waals surface area contributed by atoms with Gasteiger partial charge in [-0.1, -0.05) is 0 Å². The first-order chi connectivity index (χ1) is 9.99.